The fourth-order valence-corrected chi connectivity index (χ4v) is 4.06. The minimum Gasteiger partial charge on any atom is -0.383 e. The fourth-order valence-electron chi connectivity index (χ4n) is 4.06. The normalized spacial score (nSPS) is 19.3. The van der Waals surface area contributed by atoms with Gasteiger partial charge in [0.15, 0.2) is 0 Å². The lowest BCUT2D eigenvalue weighted by molar-refractivity contribution is -0.148. The highest BCUT2D eigenvalue weighted by Gasteiger charge is 2.41. The monoisotopic (exact) mass is 394 g/mol. The van der Waals surface area contributed by atoms with E-state index in [0.717, 1.165) is 16.7 Å². The molecule has 0 aliphatic carbocycles. The number of methoxy groups -OCH3 is 1. The van der Waals surface area contributed by atoms with E-state index in [1.54, 1.807) is 12.0 Å². The molecule has 2 atom stereocenters. The van der Waals surface area contributed by atoms with Crippen molar-refractivity contribution in [3.8, 4) is 0 Å². The smallest absolute Gasteiger partial charge is 0.228 e. The summed E-state index contributed by atoms with van der Waals surface area (Å²) in [5, 5.41) is 0. The van der Waals surface area contributed by atoms with E-state index in [-0.39, 0.29) is 23.8 Å². The van der Waals surface area contributed by atoms with Crippen LogP contribution >= 0.6 is 0 Å². The second-order valence-electron chi connectivity index (χ2n) is 7.76. The van der Waals surface area contributed by atoms with Gasteiger partial charge in [-0.05, 0) is 24.5 Å². The number of aryl methyl sites for hydroxylation is 1. The molecule has 29 heavy (non-hydrogen) atoms. The highest BCUT2D eigenvalue weighted by atomic mass is 16.5. The van der Waals surface area contributed by atoms with Gasteiger partial charge in [0.05, 0.1) is 18.6 Å². The predicted molar refractivity (Wildman–Crippen MR) is 113 cm³/mol. The van der Waals surface area contributed by atoms with Gasteiger partial charge >= 0.3 is 0 Å². The maximum atomic E-state index is 13.4. The molecule has 2 amide bonds. The first-order valence-electron chi connectivity index (χ1n) is 10.1. The molecule has 0 radical (unpaired) electrons. The van der Waals surface area contributed by atoms with Crippen LogP contribution in [0.3, 0.4) is 0 Å². The summed E-state index contributed by atoms with van der Waals surface area (Å²) < 4.78 is 5.23. The SMILES string of the molecule is COCCN1C(=O)CC[C@@H](C(=O)N(C)Cc2ccccc2)[C@H]1c1ccc(C)cc1. The number of hydrogen-bond acceptors (Lipinski definition) is 3. The van der Waals surface area contributed by atoms with Crippen molar-refractivity contribution in [3.05, 3.63) is 71.3 Å². The highest BCUT2D eigenvalue weighted by molar-refractivity contribution is 5.85. The van der Waals surface area contributed by atoms with E-state index < -0.39 is 0 Å². The van der Waals surface area contributed by atoms with Crippen molar-refractivity contribution in [1.29, 1.82) is 0 Å². The molecule has 1 aliphatic heterocycles. The maximum Gasteiger partial charge on any atom is 0.228 e. The lowest BCUT2D eigenvalue weighted by Gasteiger charge is -2.42. The Morgan fingerprint density at radius 3 is 2.48 bits per heavy atom. The molecular formula is C24H30N2O3. The van der Waals surface area contributed by atoms with Crippen LogP contribution in [0.2, 0.25) is 0 Å². The summed E-state index contributed by atoms with van der Waals surface area (Å²) in [6.07, 6.45) is 0.959. The summed E-state index contributed by atoms with van der Waals surface area (Å²) in [5.41, 5.74) is 3.26. The van der Waals surface area contributed by atoms with Gasteiger partial charge in [-0.1, -0.05) is 60.2 Å². The minimum absolute atomic E-state index is 0.0781. The molecule has 0 bridgehead atoms. The fraction of sp³-hybridized carbons (Fsp3) is 0.417. The Balaban J connectivity index is 1.87. The summed E-state index contributed by atoms with van der Waals surface area (Å²) >= 11 is 0. The Bertz CT molecular complexity index is 820. The van der Waals surface area contributed by atoms with Crippen LogP contribution in [0.15, 0.2) is 54.6 Å². The third-order valence-corrected chi connectivity index (χ3v) is 5.62. The number of ether oxygens (including phenoxy) is 1. The first-order valence-corrected chi connectivity index (χ1v) is 10.1. The molecule has 0 spiro atoms. The van der Waals surface area contributed by atoms with Crippen LogP contribution < -0.4 is 0 Å². The first kappa shape index (κ1) is 21.1. The number of rotatable bonds is 7. The maximum absolute atomic E-state index is 13.4. The number of carbonyl (C=O) groups excluding carboxylic acids is 2. The van der Waals surface area contributed by atoms with Gasteiger partial charge in [-0.25, -0.2) is 0 Å². The van der Waals surface area contributed by atoms with Gasteiger partial charge in [0, 0.05) is 33.7 Å². The van der Waals surface area contributed by atoms with E-state index in [4.69, 9.17) is 4.74 Å². The Labute approximate surface area is 173 Å². The van der Waals surface area contributed by atoms with Crippen molar-refractivity contribution in [2.24, 2.45) is 5.92 Å². The van der Waals surface area contributed by atoms with Crippen LogP contribution in [0.5, 0.6) is 0 Å². The zero-order valence-electron chi connectivity index (χ0n) is 17.5. The summed E-state index contributed by atoms with van der Waals surface area (Å²) in [5.74, 6) is -0.0993. The first-order chi connectivity index (χ1) is 14.0. The molecule has 5 nitrogen and oxygen atoms in total. The number of amides is 2. The Kier molecular flexibility index (Phi) is 7.04. The standard InChI is InChI=1S/C24H30N2O3/c1-18-9-11-20(12-10-18)23-21(13-14-22(27)26(23)15-16-29-3)24(28)25(2)17-19-7-5-4-6-8-19/h4-12,21,23H,13-17H2,1-3H3/t21-,23-/m1/s1. The zero-order chi connectivity index (χ0) is 20.8. The van der Waals surface area contributed by atoms with Crippen molar-refractivity contribution < 1.29 is 14.3 Å². The van der Waals surface area contributed by atoms with Crippen molar-refractivity contribution in [1.82, 2.24) is 9.80 Å². The summed E-state index contributed by atoms with van der Waals surface area (Å²) in [4.78, 5) is 29.8. The molecule has 0 saturated carbocycles. The molecule has 0 aromatic heterocycles. The highest BCUT2D eigenvalue weighted by Crippen LogP contribution is 2.38. The quantitative estimate of drug-likeness (QED) is 0.721. The molecule has 0 unspecified atom stereocenters. The largest absolute Gasteiger partial charge is 0.383 e. The predicted octanol–water partition coefficient (Wildman–Crippen LogP) is 3.58. The van der Waals surface area contributed by atoms with Gasteiger partial charge in [0.25, 0.3) is 0 Å². The van der Waals surface area contributed by atoms with Gasteiger partial charge < -0.3 is 14.5 Å². The van der Waals surface area contributed by atoms with Gasteiger partial charge in [0.2, 0.25) is 11.8 Å². The summed E-state index contributed by atoms with van der Waals surface area (Å²) in [7, 11) is 3.48. The van der Waals surface area contributed by atoms with Crippen LogP contribution in [0.4, 0.5) is 0 Å². The van der Waals surface area contributed by atoms with E-state index in [2.05, 4.69) is 0 Å². The number of nitrogens with zero attached hydrogens (tertiary/aromatic N) is 2. The molecular weight excluding hydrogens is 364 g/mol. The van der Waals surface area contributed by atoms with Gasteiger partial charge in [0.1, 0.15) is 0 Å². The molecule has 0 N–H and O–H groups in total. The molecule has 2 aromatic rings. The summed E-state index contributed by atoms with van der Waals surface area (Å²) in [6.45, 7) is 3.53. The van der Waals surface area contributed by atoms with Crippen LogP contribution in [-0.2, 0) is 20.9 Å². The van der Waals surface area contributed by atoms with E-state index in [9.17, 15) is 9.59 Å². The van der Waals surface area contributed by atoms with E-state index >= 15 is 0 Å². The molecule has 1 fully saturated rings. The Hall–Kier alpha value is -2.66. The second kappa shape index (κ2) is 9.70. The van der Waals surface area contributed by atoms with Crippen molar-refractivity contribution in [2.75, 3.05) is 27.3 Å². The van der Waals surface area contributed by atoms with Gasteiger partial charge in [-0.15, -0.1) is 0 Å². The van der Waals surface area contributed by atoms with Crippen LogP contribution in [0, 0.1) is 12.8 Å². The molecule has 2 aromatic carbocycles. The molecule has 5 heteroatoms. The van der Waals surface area contributed by atoms with Crippen LogP contribution in [-0.4, -0.2) is 48.9 Å². The lowest BCUT2D eigenvalue weighted by atomic mass is 9.83. The minimum atomic E-state index is -0.266. The number of likely N-dealkylation sites (tertiary alicyclic amines) is 1. The zero-order valence-corrected chi connectivity index (χ0v) is 17.5. The Morgan fingerprint density at radius 2 is 1.83 bits per heavy atom. The van der Waals surface area contributed by atoms with E-state index in [1.165, 1.54) is 0 Å². The van der Waals surface area contributed by atoms with Crippen LogP contribution in [0.1, 0.15) is 35.6 Å². The molecule has 154 valence electrons. The molecule has 1 saturated heterocycles. The van der Waals surface area contributed by atoms with Gasteiger partial charge in [-0.3, -0.25) is 9.59 Å². The molecule has 1 heterocycles. The van der Waals surface area contributed by atoms with Crippen molar-refractivity contribution in [2.45, 2.75) is 32.4 Å². The van der Waals surface area contributed by atoms with Crippen molar-refractivity contribution in [3.63, 3.8) is 0 Å². The molecule has 3 rings (SSSR count). The van der Waals surface area contributed by atoms with E-state index in [1.807, 2.05) is 73.5 Å². The van der Waals surface area contributed by atoms with Gasteiger partial charge in [-0.2, -0.15) is 0 Å². The number of piperidine rings is 1. The molecule has 1 aliphatic rings. The Morgan fingerprint density at radius 1 is 1.14 bits per heavy atom. The number of benzene rings is 2. The third kappa shape index (κ3) is 5.04. The van der Waals surface area contributed by atoms with Crippen LogP contribution in [0.25, 0.3) is 0 Å². The number of carbonyl (C=O) groups is 2. The second-order valence-corrected chi connectivity index (χ2v) is 7.76. The average molecular weight is 395 g/mol. The third-order valence-electron chi connectivity index (χ3n) is 5.62. The van der Waals surface area contributed by atoms with Crippen molar-refractivity contribution >= 4 is 11.8 Å². The average Bonchev–Trinajstić information content (AvgIpc) is 2.73. The van der Waals surface area contributed by atoms with E-state index in [0.29, 0.717) is 32.5 Å². The summed E-state index contributed by atoms with van der Waals surface area (Å²) in [6, 6.07) is 17.9. The number of hydrogen-bond donors (Lipinski definition) is 0. The lowest BCUT2D eigenvalue weighted by Crippen LogP contribution is -2.49. The topological polar surface area (TPSA) is 49.9 Å².